The fourth-order valence-corrected chi connectivity index (χ4v) is 4.35. The first kappa shape index (κ1) is 42.1. The van der Waals surface area contributed by atoms with Gasteiger partial charge in [0.1, 0.15) is 12.7 Å². The van der Waals surface area contributed by atoms with Crippen LogP contribution in [0.4, 0.5) is 0 Å². The van der Waals surface area contributed by atoms with Gasteiger partial charge in [-0.3, -0.25) is 9.59 Å². The lowest BCUT2D eigenvalue weighted by molar-refractivity contribution is -0.158. The summed E-state index contributed by atoms with van der Waals surface area (Å²) in [6, 6.07) is 0. The Morgan fingerprint density at radius 3 is 1.24 bits per heavy atom. The molecule has 0 aliphatic carbocycles. The van der Waals surface area contributed by atoms with Crippen molar-refractivity contribution < 1.29 is 19.1 Å². The molecule has 45 heavy (non-hydrogen) atoms. The lowest BCUT2D eigenvalue weighted by Gasteiger charge is -2.13. The molecule has 0 spiro atoms. The molecule has 254 valence electrons. The van der Waals surface area contributed by atoms with E-state index in [4.69, 9.17) is 9.47 Å². The van der Waals surface area contributed by atoms with Gasteiger partial charge in [0, 0.05) is 12.8 Å². The van der Waals surface area contributed by atoms with E-state index in [2.05, 4.69) is 98.9 Å². The van der Waals surface area contributed by atoms with Crippen LogP contribution in [0.25, 0.3) is 0 Å². The molecule has 0 N–H and O–H groups in total. The number of rotatable bonds is 30. The predicted octanol–water partition coefficient (Wildman–Crippen LogP) is 12.2. The van der Waals surface area contributed by atoms with Gasteiger partial charge < -0.3 is 9.47 Å². The molecule has 0 amide bonds. The Morgan fingerprint density at radius 2 is 0.822 bits per heavy atom. The molecule has 1 atom stereocenters. The largest absolute Gasteiger partial charge is 0.462 e. The molecule has 0 aliphatic heterocycles. The zero-order valence-corrected chi connectivity index (χ0v) is 29.1. The monoisotopic (exact) mass is 622 g/mol. The highest BCUT2D eigenvalue weighted by Gasteiger charge is 2.11. The first-order chi connectivity index (χ1) is 22.1. The highest BCUT2D eigenvalue weighted by molar-refractivity contribution is 5.70. The van der Waals surface area contributed by atoms with E-state index < -0.39 is 6.10 Å². The van der Waals surface area contributed by atoms with Crippen molar-refractivity contribution >= 4 is 11.9 Å². The molecule has 0 saturated carbocycles. The van der Waals surface area contributed by atoms with Crippen LogP contribution >= 0.6 is 0 Å². The lowest BCUT2D eigenvalue weighted by atomic mass is 10.1. The highest BCUT2D eigenvalue weighted by atomic mass is 16.6. The normalized spacial score (nSPS) is 13.2. The molecular weight excluding hydrogens is 556 g/mol. The molecule has 0 aromatic rings. The summed E-state index contributed by atoms with van der Waals surface area (Å²) >= 11 is 0. The van der Waals surface area contributed by atoms with Crippen LogP contribution in [-0.4, -0.2) is 24.6 Å². The van der Waals surface area contributed by atoms with Crippen LogP contribution in [0, 0.1) is 0 Å². The number of allylic oxidation sites excluding steroid dienone is 14. The number of ether oxygens (including phenoxy) is 2. The third kappa shape index (κ3) is 35.5. The lowest BCUT2D eigenvalue weighted by Crippen LogP contribution is -2.22. The third-order valence-electron chi connectivity index (χ3n) is 7.04. The van der Waals surface area contributed by atoms with E-state index in [-0.39, 0.29) is 18.5 Å². The van der Waals surface area contributed by atoms with Gasteiger partial charge in [0.05, 0.1) is 0 Å². The highest BCUT2D eigenvalue weighted by Crippen LogP contribution is 2.07. The van der Waals surface area contributed by atoms with Crippen LogP contribution in [-0.2, 0) is 19.1 Å². The van der Waals surface area contributed by atoms with Crippen molar-refractivity contribution in [1.82, 2.24) is 0 Å². The Bertz CT molecular complexity index is 887. The van der Waals surface area contributed by atoms with Gasteiger partial charge in [-0.2, -0.15) is 0 Å². The quantitative estimate of drug-likeness (QED) is 0.0454. The van der Waals surface area contributed by atoms with Crippen molar-refractivity contribution in [2.45, 2.75) is 155 Å². The van der Waals surface area contributed by atoms with E-state index in [1.165, 1.54) is 51.4 Å². The van der Waals surface area contributed by atoms with Gasteiger partial charge in [-0.15, -0.1) is 0 Å². The number of hydrogen-bond donors (Lipinski definition) is 0. The van der Waals surface area contributed by atoms with Crippen molar-refractivity contribution in [1.29, 1.82) is 0 Å². The van der Waals surface area contributed by atoms with Crippen LogP contribution in [0.2, 0.25) is 0 Å². The average Bonchev–Trinajstić information content (AvgIpc) is 3.03. The van der Waals surface area contributed by atoms with Crippen molar-refractivity contribution in [3.63, 3.8) is 0 Å². The van der Waals surface area contributed by atoms with Gasteiger partial charge in [-0.05, 0) is 96.8 Å². The van der Waals surface area contributed by atoms with Crippen molar-refractivity contribution in [3.05, 3.63) is 85.1 Å². The molecule has 0 rings (SSSR count). The van der Waals surface area contributed by atoms with Gasteiger partial charge in [0.2, 0.25) is 0 Å². The summed E-state index contributed by atoms with van der Waals surface area (Å²) in [5.41, 5.74) is 0. The number of hydrogen-bond acceptors (Lipinski definition) is 4. The average molecular weight is 623 g/mol. The molecule has 0 radical (unpaired) electrons. The van der Waals surface area contributed by atoms with E-state index in [1.807, 2.05) is 0 Å². The maximum Gasteiger partial charge on any atom is 0.306 e. The van der Waals surface area contributed by atoms with E-state index in [0.717, 1.165) is 64.2 Å². The molecule has 0 fully saturated rings. The smallest absolute Gasteiger partial charge is 0.306 e. The Hall–Kier alpha value is -2.88. The summed E-state index contributed by atoms with van der Waals surface area (Å²) in [4.78, 5) is 24.1. The Balaban J connectivity index is 3.67. The first-order valence-electron chi connectivity index (χ1n) is 18.0. The SMILES string of the molecule is CCCCC/C=C\C/C=C\C/C=C\C/C=C\CCCC(=O)OC(C)COC(=O)CCCC/C=C\C/C=C\C/C=C\CCCCC. The van der Waals surface area contributed by atoms with E-state index >= 15 is 0 Å². The van der Waals surface area contributed by atoms with Crippen molar-refractivity contribution in [3.8, 4) is 0 Å². The molecule has 4 heteroatoms. The molecule has 4 nitrogen and oxygen atoms in total. The fourth-order valence-electron chi connectivity index (χ4n) is 4.35. The summed E-state index contributed by atoms with van der Waals surface area (Å²) in [6.07, 6.45) is 50.6. The second kappa shape index (κ2) is 35.6. The van der Waals surface area contributed by atoms with Crippen LogP contribution in [0.5, 0.6) is 0 Å². The summed E-state index contributed by atoms with van der Waals surface area (Å²) in [5.74, 6) is -0.469. The number of unbranched alkanes of at least 4 members (excludes halogenated alkanes) is 9. The fraction of sp³-hybridized carbons (Fsp3) is 0.610. The molecule has 0 aliphatic rings. The summed E-state index contributed by atoms with van der Waals surface area (Å²) < 4.78 is 10.7. The topological polar surface area (TPSA) is 52.6 Å². The molecule has 0 aromatic heterocycles. The maximum atomic E-state index is 12.1. The van der Waals surface area contributed by atoms with Crippen LogP contribution < -0.4 is 0 Å². The van der Waals surface area contributed by atoms with Gasteiger partial charge in [0.25, 0.3) is 0 Å². The molecule has 0 aromatic carbocycles. The van der Waals surface area contributed by atoms with Crippen molar-refractivity contribution in [2.24, 2.45) is 0 Å². The van der Waals surface area contributed by atoms with Crippen molar-refractivity contribution in [2.75, 3.05) is 6.61 Å². The zero-order valence-electron chi connectivity index (χ0n) is 29.1. The molecule has 1 unspecified atom stereocenters. The van der Waals surface area contributed by atoms with E-state index in [1.54, 1.807) is 6.92 Å². The number of carbonyl (C=O) groups is 2. The Kier molecular flexibility index (Phi) is 33.3. The van der Waals surface area contributed by atoms with Gasteiger partial charge in [-0.25, -0.2) is 0 Å². The minimum Gasteiger partial charge on any atom is -0.462 e. The molecule has 0 heterocycles. The maximum absolute atomic E-state index is 12.1. The standard InChI is InChI=1S/C41H66O4/c1-4-6-8-10-12-14-16-18-20-21-23-25-27-29-31-33-35-37-41(43)45-39(3)38-44-40(42)36-34-32-30-28-26-24-22-19-17-15-13-11-9-7-5-2/h12-15,18-20,22-23,25-26,28-29,31,39H,4-11,16-17,21,24,27,30,32-38H2,1-3H3/b14-12-,15-13-,20-18-,22-19-,25-23-,28-26-,31-29-. The predicted molar refractivity (Wildman–Crippen MR) is 194 cm³/mol. The number of esters is 2. The second-order valence-corrected chi connectivity index (χ2v) is 11.6. The van der Waals surface area contributed by atoms with Gasteiger partial charge in [-0.1, -0.05) is 125 Å². The molecule has 0 bridgehead atoms. The van der Waals surface area contributed by atoms with Gasteiger partial charge in [0.15, 0.2) is 0 Å². The molecule has 0 saturated heterocycles. The van der Waals surface area contributed by atoms with Crippen LogP contribution in [0.1, 0.15) is 149 Å². The minimum atomic E-state index is -0.425. The van der Waals surface area contributed by atoms with E-state index in [0.29, 0.717) is 12.8 Å². The second-order valence-electron chi connectivity index (χ2n) is 11.6. The van der Waals surface area contributed by atoms with E-state index in [9.17, 15) is 9.59 Å². The Labute approximate surface area is 277 Å². The van der Waals surface area contributed by atoms with Crippen LogP contribution in [0.3, 0.4) is 0 Å². The Morgan fingerprint density at radius 1 is 0.467 bits per heavy atom. The summed E-state index contributed by atoms with van der Waals surface area (Å²) in [6.45, 7) is 6.34. The van der Waals surface area contributed by atoms with Gasteiger partial charge >= 0.3 is 11.9 Å². The first-order valence-corrected chi connectivity index (χ1v) is 18.0. The van der Waals surface area contributed by atoms with Crippen LogP contribution in [0.15, 0.2) is 85.1 Å². The minimum absolute atomic E-state index is 0.113. The third-order valence-corrected chi connectivity index (χ3v) is 7.04. The summed E-state index contributed by atoms with van der Waals surface area (Å²) in [7, 11) is 0. The zero-order chi connectivity index (χ0) is 32.9. The molecular formula is C41H66O4. The summed E-state index contributed by atoms with van der Waals surface area (Å²) in [5, 5.41) is 0. The number of carbonyl (C=O) groups excluding carboxylic acids is 2.